The number of benzene rings is 1. The summed E-state index contributed by atoms with van der Waals surface area (Å²) in [5, 5.41) is 11.0. The van der Waals surface area contributed by atoms with Crippen molar-refractivity contribution in [3.63, 3.8) is 0 Å². The van der Waals surface area contributed by atoms with Crippen LogP contribution in [-0.2, 0) is 13.0 Å². The molecular formula is C22H33N5O. The minimum absolute atomic E-state index is 0.0583. The van der Waals surface area contributed by atoms with Gasteiger partial charge in [-0.3, -0.25) is 0 Å². The van der Waals surface area contributed by atoms with E-state index in [9.17, 15) is 4.79 Å². The van der Waals surface area contributed by atoms with Crippen molar-refractivity contribution in [2.24, 2.45) is 0 Å². The highest BCUT2D eigenvalue weighted by atomic mass is 16.2. The molecule has 152 valence electrons. The summed E-state index contributed by atoms with van der Waals surface area (Å²) in [7, 11) is 0. The smallest absolute Gasteiger partial charge is 0.317 e. The van der Waals surface area contributed by atoms with Crippen LogP contribution in [0.1, 0.15) is 50.7 Å². The second-order valence-electron chi connectivity index (χ2n) is 7.54. The Bertz CT molecular complexity index is 732. The summed E-state index contributed by atoms with van der Waals surface area (Å²) in [6, 6.07) is 9.20. The summed E-state index contributed by atoms with van der Waals surface area (Å²) in [6.07, 6.45) is 9.61. The van der Waals surface area contributed by atoms with E-state index in [1.54, 1.807) is 0 Å². The number of aryl methyl sites for hydroxylation is 1. The van der Waals surface area contributed by atoms with Crippen molar-refractivity contribution in [3.05, 3.63) is 47.8 Å². The first-order chi connectivity index (χ1) is 13.7. The van der Waals surface area contributed by atoms with Gasteiger partial charge < -0.3 is 15.5 Å². The second kappa shape index (κ2) is 10.3. The number of nitrogens with one attached hydrogen (secondary N) is 2. The number of hydrogen-bond donors (Lipinski definition) is 2. The fraction of sp³-hybridized carbons (Fsp3) is 0.545. The van der Waals surface area contributed by atoms with Crippen molar-refractivity contribution < 1.29 is 4.79 Å². The van der Waals surface area contributed by atoms with Crippen LogP contribution in [0.15, 0.2) is 36.7 Å². The summed E-state index contributed by atoms with van der Waals surface area (Å²) < 4.78 is 1.94. The molecule has 0 radical (unpaired) electrons. The second-order valence-corrected chi connectivity index (χ2v) is 7.54. The molecule has 0 atom stereocenters. The van der Waals surface area contributed by atoms with Crippen LogP contribution in [0.2, 0.25) is 0 Å². The van der Waals surface area contributed by atoms with E-state index in [2.05, 4.69) is 53.1 Å². The first kappa shape index (κ1) is 20.4. The molecule has 2 N–H and O–H groups in total. The summed E-state index contributed by atoms with van der Waals surface area (Å²) in [6.45, 7) is 7.29. The van der Waals surface area contributed by atoms with Crippen molar-refractivity contribution >= 4 is 6.03 Å². The maximum Gasteiger partial charge on any atom is 0.317 e. The predicted molar refractivity (Wildman–Crippen MR) is 113 cm³/mol. The van der Waals surface area contributed by atoms with Gasteiger partial charge in [-0.25, -0.2) is 9.48 Å². The number of carbonyl (C=O) groups is 1. The zero-order valence-electron chi connectivity index (χ0n) is 17.2. The van der Waals surface area contributed by atoms with Crippen LogP contribution in [-0.4, -0.2) is 46.4 Å². The predicted octanol–water partition coefficient (Wildman–Crippen LogP) is 3.50. The van der Waals surface area contributed by atoms with E-state index < -0.39 is 0 Å². The van der Waals surface area contributed by atoms with Crippen LogP contribution < -0.4 is 10.6 Å². The van der Waals surface area contributed by atoms with Crippen LogP contribution in [0.5, 0.6) is 0 Å². The minimum Gasteiger partial charge on any atom is -0.338 e. The molecule has 1 aliphatic heterocycles. The first-order valence-electron chi connectivity index (χ1n) is 10.6. The monoisotopic (exact) mass is 383 g/mol. The first-order valence-corrected chi connectivity index (χ1v) is 10.6. The molecule has 6 nitrogen and oxygen atoms in total. The van der Waals surface area contributed by atoms with Gasteiger partial charge in [0.2, 0.25) is 0 Å². The maximum absolute atomic E-state index is 11.9. The van der Waals surface area contributed by atoms with Crippen LogP contribution in [0.4, 0.5) is 4.79 Å². The lowest BCUT2D eigenvalue weighted by Gasteiger charge is -2.32. The number of aromatic nitrogens is 2. The van der Waals surface area contributed by atoms with Crippen LogP contribution in [0.3, 0.4) is 0 Å². The summed E-state index contributed by atoms with van der Waals surface area (Å²) in [4.78, 5) is 13.8. The van der Waals surface area contributed by atoms with Gasteiger partial charge >= 0.3 is 6.03 Å². The van der Waals surface area contributed by atoms with Gasteiger partial charge in [-0.1, -0.05) is 25.5 Å². The zero-order chi connectivity index (χ0) is 19.8. The fourth-order valence-electron chi connectivity index (χ4n) is 3.60. The molecule has 1 aromatic carbocycles. The summed E-state index contributed by atoms with van der Waals surface area (Å²) in [5.41, 5.74) is 3.67. The van der Waals surface area contributed by atoms with E-state index in [1.165, 1.54) is 24.0 Å². The molecule has 0 aliphatic carbocycles. The Labute approximate surface area is 168 Å². The van der Waals surface area contributed by atoms with Crippen molar-refractivity contribution in [1.29, 1.82) is 0 Å². The third-order valence-electron chi connectivity index (χ3n) is 5.36. The SMILES string of the molecule is CCCCc1ccc(-n2cc(CNC3CCN(C(=O)NCC)CC3)cn2)cc1. The number of nitrogens with zero attached hydrogens (tertiary/aromatic N) is 3. The topological polar surface area (TPSA) is 62.2 Å². The van der Waals surface area contributed by atoms with Crippen LogP contribution >= 0.6 is 0 Å². The van der Waals surface area contributed by atoms with Crippen molar-refractivity contribution in [3.8, 4) is 5.69 Å². The Hall–Kier alpha value is -2.34. The molecule has 1 aliphatic rings. The molecule has 1 aromatic heterocycles. The standard InChI is InChI=1S/C22H33N5O/c1-3-5-6-18-7-9-21(10-8-18)27-17-19(16-25-27)15-24-20-11-13-26(14-12-20)22(28)23-4-2/h7-10,16-17,20,24H,3-6,11-15H2,1-2H3,(H,23,28). The molecule has 0 spiro atoms. The highest BCUT2D eigenvalue weighted by Gasteiger charge is 2.22. The average molecular weight is 384 g/mol. The van der Waals surface area contributed by atoms with Crippen molar-refractivity contribution in [1.82, 2.24) is 25.3 Å². The Morgan fingerprint density at radius 2 is 1.89 bits per heavy atom. The minimum atomic E-state index is 0.0583. The number of amides is 2. The van der Waals surface area contributed by atoms with Gasteiger partial charge in [0.05, 0.1) is 11.9 Å². The largest absolute Gasteiger partial charge is 0.338 e. The lowest BCUT2D eigenvalue weighted by atomic mass is 10.1. The highest BCUT2D eigenvalue weighted by Crippen LogP contribution is 2.14. The quantitative estimate of drug-likeness (QED) is 0.733. The molecule has 2 aromatic rings. The molecule has 3 rings (SSSR count). The molecule has 2 amide bonds. The van der Waals surface area contributed by atoms with Gasteiger partial charge in [0.25, 0.3) is 0 Å². The number of rotatable bonds is 8. The van der Waals surface area contributed by atoms with E-state index >= 15 is 0 Å². The average Bonchev–Trinajstić information content (AvgIpc) is 3.21. The van der Waals surface area contributed by atoms with Gasteiger partial charge in [0.1, 0.15) is 0 Å². The van der Waals surface area contributed by atoms with E-state index in [4.69, 9.17) is 0 Å². The van der Waals surface area contributed by atoms with Crippen LogP contribution in [0.25, 0.3) is 5.69 Å². The zero-order valence-corrected chi connectivity index (χ0v) is 17.2. The van der Waals surface area contributed by atoms with Crippen LogP contribution in [0, 0.1) is 0 Å². The van der Waals surface area contributed by atoms with Gasteiger partial charge in [0.15, 0.2) is 0 Å². The number of unbranched alkanes of at least 4 members (excludes halogenated alkanes) is 1. The van der Waals surface area contributed by atoms with Crippen molar-refractivity contribution in [2.45, 2.75) is 58.5 Å². The number of carbonyl (C=O) groups excluding carboxylic acids is 1. The van der Waals surface area contributed by atoms with E-state index in [0.29, 0.717) is 12.6 Å². The number of piperidine rings is 1. The van der Waals surface area contributed by atoms with Crippen molar-refractivity contribution in [2.75, 3.05) is 19.6 Å². The third kappa shape index (κ3) is 5.58. The molecule has 28 heavy (non-hydrogen) atoms. The number of urea groups is 1. The molecule has 0 bridgehead atoms. The molecule has 0 saturated carbocycles. The Kier molecular flexibility index (Phi) is 7.48. The Morgan fingerprint density at radius 3 is 2.57 bits per heavy atom. The van der Waals surface area contributed by atoms with Gasteiger partial charge in [-0.05, 0) is 50.3 Å². The van der Waals surface area contributed by atoms with Gasteiger partial charge in [0, 0.05) is 44.0 Å². The highest BCUT2D eigenvalue weighted by molar-refractivity contribution is 5.74. The number of likely N-dealkylation sites (tertiary alicyclic amines) is 1. The fourth-order valence-corrected chi connectivity index (χ4v) is 3.60. The summed E-state index contributed by atoms with van der Waals surface area (Å²) >= 11 is 0. The van der Waals surface area contributed by atoms with Gasteiger partial charge in [-0.2, -0.15) is 5.10 Å². The van der Waals surface area contributed by atoms with E-state index in [1.807, 2.05) is 22.7 Å². The molecule has 2 heterocycles. The Morgan fingerprint density at radius 1 is 1.14 bits per heavy atom. The van der Waals surface area contributed by atoms with E-state index in [0.717, 1.165) is 44.6 Å². The molecule has 6 heteroatoms. The van der Waals surface area contributed by atoms with E-state index in [-0.39, 0.29) is 6.03 Å². The normalized spacial score (nSPS) is 15.0. The third-order valence-corrected chi connectivity index (χ3v) is 5.36. The lowest BCUT2D eigenvalue weighted by molar-refractivity contribution is 0.177. The maximum atomic E-state index is 11.9. The molecule has 1 fully saturated rings. The lowest BCUT2D eigenvalue weighted by Crippen LogP contribution is -2.48. The number of hydrogen-bond acceptors (Lipinski definition) is 3. The molecule has 0 unspecified atom stereocenters. The molecular weight excluding hydrogens is 350 g/mol. The Balaban J connectivity index is 1.46. The molecule has 1 saturated heterocycles. The van der Waals surface area contributed by atoms with Gasteiger partial charge in [-0.15, -0.1) is 0 Å². The summed E-state index contributed by atoms with van der Waals surface area (Å²) in [5.74, 6) is 0.